The molecule has 2 aromatic carbocycles. The molecule has 0 heterocycles. The Kier molecular flexibility index (Phi) is 3.01. The zero-order valence-electron chi connectivity index (χ0n) is 8.67. The average Bonchev–Trinajstić information content (AvgIpc) is 2.40. The third-order valence-corrected chi connectivity index (χ3v) is 2.54. The Morgan fingerprint density at radius 3 is 1.44 bits per heavy atom. The SMILES string of the molecule is ONC(O)(c1ccccc1)c1ccccc1. The van der Waals surface area contributed by atoms with Crippen molar-refractivity contribution in [2.75, 3.05) is 0 Å². The van der Waals surface area contributed by atoms with Gasteiger partial charge in [-0.05, 0) is 0 Å². The number of hydrogen-bond donors (Lipinski definition) is 3. The molecule has 0 radical (unpaired) electrons. The third kappa shape index (κ3) is 1.84. The van der Waals surface area contributed by atoms with Crippen molar-refractivity contribution in [3.8, 4) is 0 Å². The molecule has 3 heteroatoms. The first-order valence-electron chi connectivity index (χ1n) is 5.02. The van der Waals surface area contributed by atoms with Crippen molar-refractivity contribution in [3.63, 3.8) is 0 Å². The predicted octanol–water partition coefficient (Wildman–Crippen LogP) is 1.86. The van der Waals surface area contributed by atoms with E-state index in [1.54, 1.807) is 48.5 Å². The molecule has 0 saturated heterocycles. The summed E-state index contributed by atoms with van der Waals surface area (Å²) in [5, 5.41) is 19.6. The minimum Gasteiger partial charge on any atom is -0.366 e. The molecule has 3 nitrogen and oxygen atoms in total. The van der Waals surface area contributed by atoms with Crippen molar-refractivity contribution < 1.29 is 10.3 Å². The molecule has 2 aromatic rings. The molecule has 16 heavy (non-hydrogen) atoms. The van der Waals surface area contributed by atoms with Gasteiger partial charge in [0.15, 0.2) is 5.72 Å². The Morgan fingerprint density at radius 1 is 0.750 bits per heavy atom. The summed E-state index contributed by atoms with van der Waals surface area (Å²) in [5.74, 6) is 0. The lowest BCUT2D eigenvalue weighted by atomic mass is 9.95. The van der Waals surface area contributed by atoms with E-state index in [9.17, 15) is 10.3 Å². The predicted molar refractivity (Wildman–Crippen MR) is 60.8 cm³/mol. The lowest BCUT2D eigenvalue weighted by Crippen LogP contribution is -2.41. The van der Waals surface area contributed by atoms with Crippen LogP contribution in [0.3, 0.4) is 0 Å². The Labute approximate surface area is 93.9 Å². The molecule has 0 amide bonds. The van der Waals surface area contributed by atoms with Gasteiger partial charge in [-0.15, -0.1) is 0 Å². The van der Waals surface area contributed by atoms with Crippen LogP contribution in [0, 0.1) is 0 Å². The zero-order chi connectivity index (χ0) is 11.4. The monoisotopic (exact) mass is 215 g/mol. The fraction of sp³-hybridized carbons (Fsp3) is 0.0769. The fourth-order valence-corrected chi connectivity index (χ4v) is 1.65. The lowest BCUT2D eigenvalue weighted by molar-refractivity contribution is -0.0680. The van der Waals surface area contributed by atoms with Crippen LogP contribution in [0.5, 0.6) is 0 Å². The van der Waals surface area contributed by atoms with Crippen molar-refractivity contribution in [3.05, 3.63) is 71.8 Å². The van der Waals surface area contributed by atoms with Gasteiger partial charge in [0, 0.05) is 11.1 Å². The maximum atomic E-state index is 10.4. The molecular formula is C13H13NO2. The van der Waals surface area contributed by atoms with Crippen LogP contribution < -0.4 is 5.48 Å². The number of aliphatic hydroxyl groups is 1. The quantitative estimate of drug-likeness (QED) is 0.541. The van der Waals surface area contributed by atoms with Crippen LogP contribution in [0.25, 0.3) is 0 Å². The number of hydrogen-bond acceptors (Lipinski definition) is 3. The summed E-state index contributed by atoms with van der Waals surface area (Å²) in [5.41, 5.74) is 1.57. The van der Waals surface area contributed by atoms with Gasteiger partial charge in [0.25, 0.3) is 0 Å². The zero-order valence-corrected chi connectivity index (χ0v) is 8.67. The molecule has 0 saturated carbocycles. The topological polar surface area (TPSA) is 52.5 Å². The molecule has 0 aromatic heterocycles. The molecule has 0 aliphatic carbocycles. The standard InChI is InChI=1S/C13H13NO2/c15-13(14-16,11-7-3-1-4-8-11)12-9-5-2-6-10-12/h1-10,14-16H. The van der Waals surface area contributed by atoms with Crippen molar-refractivity contribution in [2.45, 2.75) is 5.72 Å². The average molecular weight is 215 g/mol. The van der Waals surface area contributed by atoms with Crippen LogP contribution >= 0.6 is 0 Å². The normalized spacial score (nSPS) is 11.4. The van der Waals surface area contributed by atoms with E-state index in [-0.39, 0.29) is 0 Å². The van der Waals surface area contributed by atoms with Crippen molar-refractivity contribution >= 4 is 0 Å². The van der Waals surface area contributed by atoms with Gasteiger partial charge in [-0.1, -0.05) is 60.7 Å². The molecule has 0 bridgehead atoms. The van der Waals surface area contributed by atoms with Gasteiger partial charge in [-0.3, -0.25) is 0 Å². The summed E-state index contributed by atoms with van der Waals surface area (Å²) >= 11 is 0. The van der Waals surface area contributed by atoms with E-state index >= 15 is 0 Å². The summed E-state index contributed by atoms with van der Waals surface area (Å²) in [6.07, 6.45) is 0. The maximum absolute atomic E-state index is 10.4. The molecule has 0 aliphatic rings. The number of benzene rings is 2. The summed E-state index contributed by atoms with van der Waals surface area (Å²) < 4.78 is 0. The van der Waals surface area contributed by atoms with Crippen LogP contribution in [0.1, 0.15) is 11.1 Å². The Balaban J connectivity index is 2.49. The van der Waals surface area contributed by atoms with E-state index in [0.717, 1.165) is 0 Å². The molecule has 0 aliphatic heterocycles. The van der Waals surface area contributed by atoms with E-state index in [1.165, 1.54) is 0 Å². The van der Waals surface area contributed by atoms with Crippen LogP contribution in [-0.2, 0) is 5.72 Å². The summed E-state index contributed by atoms with van der Waals surface area (Å²) in [6, 6.07) is 17.9. The van der Waals surface area contributed by atoms with Gasteiger partial charge < -0.3 is 10.3 Å². The van der Waals surface area contributed by atoms with E-state index in [0.29, 0.717) is 11.1 Å². The van der Waals surface area contributed by atoms with Crippen LogP contribution in [-0.4, -0.2) is 10.3 Å². The van der Waals surface area contributed by atoms with Gasteiger partial charge in [-0.25, -0.2) is 0 Å². The number of hydroxylamine groups is 1. The van der Waals surface area contributed by atoms with E-state index in [1.807, 2.05) is 17.6 Å². The second kappa shape index (κ2) is 4.45. The molecule has 2 rings (SSSR count). The lowest BCUT2D eigenvalue weighted by Gasteiger charge is -2.27. The third-order valence-electron chi connectivity index (χ3n) is 2.54. The minimum atomic E-state index is -1.57. The highest BCUT2D eigenvalue weighted by molar-refractivity contribution is 5.34. The molecular weight excluding hydrogens is 202 g/mol. The first kappa shape index (κ1) is 10.8. The maximum Gasteiger partial charge on any atom is 0.190 e. The van der Waals surface area contributed by atoms with E-state index in [2.05, 4.69) is 0 Å². The van der Waals surface area contributed by atoms with Crippen molar-refractivity contribution in [2.24, 2.45) is 0 Å². The highest BCUT2D eigenvalue weighted by atomic mass is 16.5. The van der Waals surface area contributed by atoms with Gasteiger partial charge in [0.05, 0.1) is 0 Å². The first-order chi connectivity index (χ1) is 7.77. The highest BCUT2D eigenvalue weighted by Gasteiger charge is 2.30. The van der Waals surface area contributed by atoms with Gasteiger partial charge in [0.2, 0.25) is 0 Å². The second-order valence-corrected chi connectivity index (χ2v) is 3.55. The summed E-state index contributed by atoms with van der Waals surface area (Å²) in [7, 11) is 0. The van der Waals surface area contributed by atoms with Gasteiger partial charge >= 0.3 is 0 Å². The number of rotatable bonds is 3. The minimum absolute atomic E-state index is 0.587. The number of nitrogens with one attached hydrogen (secondary N) is 1. The van der Waals surface area contributed by atoms with E-state index in [4.69, 9.17) is 0 Å². The Hall–Kier alpha value is -1.68. The van der Waals surface area contributed by atoms with E-state index < -0.39 is 5.72 Å². The Morgan fingerprint density at radius 2 is 1.12 bits per heavy atom. The smallest absolute Gasteiger partial charge is 0.190 e. The van der Waals surface area contributed by atoms with Crippen molar-refractivity contribution in [1.29, 1.82) is 0 Å². The second-order valence-electron chi connectivity index (χ2n) is 3.55. The molecule has 82 valence electrons. The first-order valence-corrected chi connectivity index (χ1v) is 5.02. The molecule has 0 fully saturated rings. The van der Waals surface area contributed by atoms with Crippen LogP contribution in [0.4, 0.5) is 0 Å². The molecule has 0 spiro atoms. The Bertz CT molecular complexity index is 403. The van der Waals surface area contributed by atoms with Crippen molar-refractivity contribution in [1.82, 2.24) is 5.48 Å². The molecule has 3 N–H and O–H groups in total. The van der Waals surface area contributed by atoms with Gasteiger partial charge in [-0.2, -0.15) is 5.48 Å². The molecule has 0 unspecified atom stereocenters. The van der Waals surface area contributed by atoms with Crippen LogP contribution in [0.15, 0.2) is 60.7 Å². The summed E-state index contributed by atoms with van der Waals surface area (Å²) in [6.45, 7) is 0. The van der Waals surface area contributed by atoms with Crippen LogP contribution in [0.2, 0.25) is 0 Å². The molecule has 0 atom stereocenters. The fourth-order valence-electron chi connectivity index (χ4n) is 1.65. The summed E-state index contributed by atoms with van der Waals surface area (Å²) in [4.78, 5) is 0. The van der Waals surface area contributed by atoms with Gasteiger partial charge in [0.1, 0.15) is 0 Å². The largest absolute Gasteiger partial charge is 0.366 e. The highest BCUT2D eigenvalue weighted by Crippen LogP contribution is 2.25.